The molecule has 1 atom stereocenters. The van der Waals surface area contributed by atoms with Gasteiger partial charge in [-0.3, -0.25) is 4.79 Å². The average molecular weight is 344 g/mol. The molecule has 1 aromatic carbocycles. The third-order valence-electron chi connectivity index (χ3n) is 3.97. The van der Waals surface area contributed by atoms with E-state index < -0.39 is 9.84 Å². The van der Waals surface area contributed by atoms with Gasteiger partial charge in [0.05, 0.1) is 11.5 Å². The van der Waals surface area contributed by atoms with Gasteiger partial charge in [-0.1, -0.05) is 30.7 Å². The van der Waals surface area contributed by atoms with Crippen LogP contribution in [0.15, 0.2) is 24.3 Å². The fourth-order valence-electron chi connectivity index (χ4n) is 2.82. The molecule has 1 heterocycles. The van der Waals surface area contributed by atoms with Crippen molar-refractivity contribution in [1.29, 1.82) is 0 Å². The number of halogens is 1. The van der Waals surface area contributed by atoms with E-state index in [1.807, 2.05) is 31.2 Å². The van der Waals surface area contributed by atoms with Crippen molar-refractivity contribution in [1.82, 2.24) is 4.90 Å². The van der Waals surface area contributed by atoms with Crippen LogP contribution in [0, 0.1) is 0 Å². The highest BCUT2D eigenvalue weighted by Crippen LogP contribution is 2.20. The predicted molar refractivity (Wildman–Crippen MR) is 88.8 cm³/mol. The first-order valence-corrected chi connectivity index (χ1v) is 9.85. The smallest absolute Gasteiger partial charge is 0.223 e. The van der Waals surface area contributed by atoms with Gasteiger partial charge in [-0.2, -0.15) is 0 Å². The van der Waals surface area contributed by atoms with Gasteiger partial charge in [0.1, 0.15) is 0 Å². The molecule has 1 aliphatic rings. The normalized spacial score (nSPS) is 20.0. The Morgan fingerprint density at radius 3 is 2.55 bits per heavy atom. The molecule has 2 rings (SSSR count). The molecule has 1 aromatic rings. The Kier molecular flexibility index (Phi) is 5.87. The molecule has 4 nitrogen and oxygen atoms in total. The lowest BCUT2D eigenvalue weighted by Gasteiger charge is -2.28. The summed E-state index contributed by atoms with van der Waals surface area (Å²) in [5.74, 6) is 0.348. The molecule has 22 heavy (non-hydrogen) atoms. The maximum absolute atomic E-state index is 12.5. The lowest BCUT2D eigenvalue weighted by atomic mass is 10.1. The molecule has 1 unspecified atom stereocenters. The van der Waals surface area contributed by atoms with Gasteiger partial charge in [-0.25, -0.2) is 8.42 Å². The predicted octanol–water partition coefficient (Wildman–Crippen LogP) is 2.70. The lowest BCUT2D eigenvalue weighted by molar-refractivity contribution is -0.133. The van der Waals surface area contributed by atoms with Crippen molar-refractivity contribution in [3.63, 3.8) is 0 Å². The summed E-state index contributed by atoms with van der Waals surface area (Å²) >= 11 is 5.85. The van der Waals surface area contributed by atoms with Crippen LogP contribution < -0.4 is 0 Å². The van der Waals surface area contributed by atoms with Crippen LogP contribution >= 0.6 is 11.6 Å². The Hall–Kier alpha value is -1.07. The summed E-state index contributed by atoms with van der Waals surface area (Å²) in [5.41, 5.74) is 1.06. The molecular formula is C16H22ClNO3S. The molecule has 0 aromatic heterocycles. The van der Waals surface area contributed by atoms with E-state index in [0.717, 1.165) is 12.0 Å². The van der Waals surface area contributed by atoms with E-state index >= 15 is 0 Å². The van der Waals surface area contributed by atoms with Crippen LogP contribution in [0.4, 0.5) is 0 Å². The van der Waals surface area contributed by atoms with Crippen LogP contribution in [0.1, 0.15) is 31.7 Å². The van der Waals surface area contributed by atoms with Gasteiger partial charge >= 0.3 is 0 Å². The minimum Gasteiger partial charge on any atom is -0.339 e. The van der Waals surface area contributed by atoms with Gasteiger partial charge in [0, 0.05) is 24.0 Å². The van der Waals surface area contributed by atoms with E-state index in [4.69, 9.17) is 11.6 Å². The Morgan fingerprint density at radius 2 is 2.00 bits per heavy atom. The Bertz CT molecular complexity index is 613. The molecule has 1 fully saturated rings. The van der Waals surface area contributed by atoms with E-state index in [0.29, 0.717) is 30.8 Å². The van der Waals surface area contributed by atoms with Crippen molar-refractivity contribution in [3.05, 3.63) is 34.9 Å². The molecule has 1 saturated heterocycles. The minimum atomic E-state index is -2.97. The summed E-state index contributed by atoms with van der Waals surface area (Å²) in [4.78, 5) is 14.2. The molecule has 0 radical (unpaired) electrons. The number of hydrogen-bond acceptors (Lipinski definition) is 3. The number of hydrogen-bond donors (Lipinski definition) is 0. The van der Waals surface area contributed by atoms with Gasteiger partial charge in [0.15, 0.2) is 9.84 Å². The van der Waals surface area contributed by atoms with E-state index in [1.54, 1.807) is 4.90 Å². The monoisotopic (exact) mass is 343 g/mol. The second kappa shape index (κ2) is 7.47. The second-order valence-electron chi connectivity index (χ2n) is 5.77. The summed E-state index contributed by atoms with van der Waals surface area (Å²) in [6.45, 7) is 2.63. The Labute approximate surface area is 137 Å². The maximum Gasteiger partial charge on any atom is 0.223 e. The fraction of sp³-hybridized carbons (Fsp3) is 0.562. The second-order valence-corrected chi connectivity index (χ2v) is 8.44. The van der Waals surface area contributed by atoms with Crippen LogP contribution in [0.25, 0.3) is 0 Å². The number of nitrogens with zero attached hydrogens (tertiary/aromatic N) is 1. The van der Waals surface area contributed by atoms with E-state index in [1.165, 1.54) is 0 Å². The average Bonchev–Trinajstić information content (AvgIpc) is 2.83. The highest BCUT2D eigenvalue weighted by atomic mass is 35.5. The van der Waals surface area contributed by atoms with Gasteiger partial charge in [-0.15, -0.1) is 0 Å². The zero-order chi connectivity index (χ0) is 16.2. The Balaban J connectivity index is 1.96. The third-order valence-corrected chi connectivity index (χ3v) is 5.98. The number of amides is 1. The summed E-state index contributed by atoms with van der Waals surface area (Å²) in [6, 6.07) is 7.31. The quantitative estimate of drug-likeness (QED) is 0.798. The number of carbonyl (C=O) groups is 1. The van der Waals surface area contributed by atoms with Crippen molar-refractivity contribution >= 4 is 27.3 Å². The maximum atomic E-state index is 12.5. The van der Waals surface area contributed by atoms with Gasteiger partial charge in [0.25, 0.3) is 0 Å². The van der Waals surface area contributed by atoms with Crippen molar-refractivity contribution in [2.24, 2.45) is 0 Å². The molecule has 1 aliphatic heterocycles. The van der Waals surface area contributed by atoms with Crippen LogP contribution in [-0.4, -0.2) is 43.3 Å². The van der Waals surface area contributed by atoms with E-state index in [-0.39, 0.29) is 23.5 Å². The largest absolute Gasteiger partial charge is 0.339 e. The third kappa shape index (κ3) is 4.71. The topological polar surface area (TPSA) is 54.5 Å². The molecule has 1 amide bonds. The summed E-state index contributed by atoms with van der Waals surface area (Å²) in [5, 5.41) is 0.679. The zero-order valence-electron chi connectivity index (χ0n) is 12.8. The SMILES string of the molecule is CCCN(C(=O)CCc1ccc(Cl)cc1)C1CCS(=O)(=O)C1. The number of benzene rings is 1. The van der Waals surface area contributed by atoms with Crippen LogP contribution in [0.5, 0.6) is 0 Å². The molecule has 0 spiro atoms. The number of rotatable bonds is 6. The summed E-state index contributed by atoms with van der Waals surface area (Å²) in [7, 11) is -2.97. The molecular weight excluding hydrogens is 322 g/mol. The van der Waals surface area contributed by atoms with Crippen molar-refractivity contribution in [2.75, 3.05) is 18.1 Å². The van der Waals surface area contributed by atoms with Crippen LogP contribution in [0.3, 0.4) is 0 Å². The van der Waals surface area contributed by atoms with Gasteiger partial charge < -0.3 is 4.90 Å². The fourth-order valence-corrected chi connectivity index (χ4v) is 4.68. The van der Waals surface area contributed by atoms with Crippen molar-refractivity contribution in [3.8, 4) is 0 Å². The van der Waals surface area contributed by atoms with Gasteiger partial charge in [0.2, 0.25) is 5.91 Å². The number of sulfone groups is 1. The van der Waals surface area contributed by atoms with Crippen molar-refractivity contribution in [2.45, 2.75) is 38.6 Å². The molecule has 0 aliphatic carbocycles. The first kappa shape index (κ1) is 17.3. The standard InChI is InChI=1S/C16H22ClNO3S/c1-2-10-18(15-9-11-22(20,21)12-15)16(19)8-5-13-3-6-14(17)7-4-13/h3-4,6-7,15H,2,5,8-12H2,1H3. The number of carbonyl (C=O) groups excluding carboxylic acids is 1. The number of aryl methyl sites for hydroxylation is 1. The summed E-state index contributed by atoms with van der Waals surface area (Å²) < 4.78 is 23.3. The lowest BCUT2D eigenvalue weighted by Crippen LogP contribution is -2.41. The van der Waals surface area contributed by atoms with Crippen LogP contribution in [0.2, 0.25) is 5.02 Å². The minimum absolute atomic E-state index is 0.0406. The summed E-state index contributed by atoms with van der Waals surface area (Å²) in [6.07, 6.45) is 2.45. The first-order valence-electron chi connectivity index (χ1n) is 7.65. The van der Waals surface area contributed by atoms with E-state index in [9.17, 15) is 13.2 Å². The Morgan fingerprint density at radius 1 is 1.32 bits per heavy atom. The molecule has 0 bridgehead atoms. The highest BCUT2D eigenvalue weighted by Gasteiger charge is 2.33. The highest BCUT2D eigenvalue weighted by molar-refractivity contribution is 7.91. The van der Waals surface area contributed by atoms with E-state index in [2.05, 4.69) is 0 Å². The zero-order valence-corrected chi connectivity index (χ0v) is 14.4. The molecule has 0 saturated carbocycles. The molecule has 6 heteroatoms. The molecule has 0 N–H and O–H groups in total. The first-order chi connectivity index (χ1) is 10.4. The van der Waals surface area contributed by atoms with Crippen molar-refractivity contribution < 1.29 is 13.2 Å². The van der Waals surface area contributed by atoms with Gasteiger partial charge in [-0.05, 0) is 37.0 Å². The van der Waals surface area contributed by atoms with Crippen LogP contribution in [-0.2, 0) is 21.1 Å². The molecule has 122 valence electrons.